The molecule has 2 unspecified atom stereocenters. The van der Waals surface area contributed by atoms with Crippen LogP contribution in [0.4, 0.5) is 5.69 Å². The van der Waals surface area contributed by atoms with Crippen molar-refractivity contribution in [2.24, 2.45) is 0 Å². The van der Waals surface area contributed by atoms with E-state index in [1.54, 1.807) is 30.3 Å². The van der Waals surface area contributed by atoms with E-state index in [1.807, 2.05) is 11.0 Å². The fourth-order valence-corrected chi connectivity index (χ4v) is 5.65. The number of rotatable bonds is 5. The first-order chi connectivity index (χ1) is 16.3. The summed E-state index contributed by atoms with van der Waals surface area (Å²) in [6.07, 6.45) is -0.278. The summed E-state index contributed by atoms with van der Waals surface area (Å²) >= 11 is 0. The molecule has 5 rings (SSSR count). The molecule has 10 nitrogen and oxygen atoms in total. The summed E-state index contributed by atoms with van der Waals surface area (Å²) in [5.41, 5.74) is 1.97. The minimum absolute atomic E-state index is 0.0833. The van der Waals surface area contributed by atoms with Crippen molar-refractivity contribution in [2.75, 3.05) is 24.5 Å². The van der Waals surface area contributed by atoms with Gasteiger partial charge in [-0.3, -0.25) is 19.7 Å². The van der Waals surface area contributed by atoms with Crippen molar-refractivity contribution < 1.29 is 27.0 Å². The minimum Gasteiger partial charge on any atom is -0.343 e. The van der Waals surface area contributed by atoms with E-state index in [-0.39, 0.29) is 29.7 Å². The number of hydrogen-bond donors (Lipinski definition) is 2. The molecule has 178 valence electrons. The maximum Gasteiger partial charge on any atom is 0.299 e. The quantitative estimate of drug-likeness (QED) is 0.467. The highest BCUT2D eigenvalue weighted by atomic mass is 32.2. The van der Waals surface area contributed by atoms with Crippen LogP contribution in [0, 0.1) is 0 Å². The molecule has 3 heterocycles. The topological polar surface area (TPSA) is 125 Å². The fraction of sp³-hybridized carbons (Fsp3) is 0.348. The summed E-state index contributed by atoms with van der Waals surface area (Å²) in [6, 6.07) is 12.6. The summed E-state index contributed by atoms with van der Waals surface area (Å²) < 4.78 is 31.2. The average Bonchev–Trinajstić information content (AvgIpc) is 3.15. The number of carbonyl (C=O) groups is 3. The van der Waals surface area contributed by atoms with Gasteiger partial charge in [0.1, 0.15) is 6.04 Å². The second-order valence-corrected chi connectivity index (χ2v) is 10.0. The molecule has 0 spiro atoms. The zero-order chi connectivity index (χ0) is 23.9. The molecule has 2 aromatic carbocycles. The highest BCUT2D eigenvalue weighted by Gasteiger charge is 2.39. The number of nitrogens with one attached hydrogen (secondary N) is 2. The molecule has 2 aromatic rings. The van der Waals surface area contributed by atoms with Gasteiger partial charge in [0.05, 0.1) is 4.90 Å². The monoisotopic (exact) mass is 484 g/mol. The Hall–Kier alpha value is -3.28. The normalized spacial score (nSPS) is 23.1. The van der Waals surface area contributed by atoms with E-state index in [2.05, 4.69) is 10.6 Å². The van der Waals surface area contributed by atoms with Crippen molar-refractivity contribution >= 4 is 33.5 Å². The molecule has 2 saturated heterocycles. The molecular formula is C23H24N4O6S. The third kappa shape index (κ3) is 4.17. The maximum absolute atomic E-state index is 13.0. The third-order valence-electron chi connectivity index (χ3n) is 6.30. The molecule has 34 heavy (non-hydrogen) atoms. The van der Waals surface area contributed by atoms with Gasteiger partial charge in [0, 0.05) is 43.9 Å². The lowest BCUT2D eigenvalue weighted by atomic mass is 10.0. The van der Waals surface area contributed by atoms with Crippen molar-refractivity contribution in [3.63, 3.8) is 0 Å². The summed E-state index contributed by atoms with van der Waals surface area (Å²) in [5.74, 6) is -1.04. The van der Waals surface area contributed by atoms with Crippen LogP contribution in [0.2, 0.25) is 0 Å². The molecule has 11 heteroatoms. The van der Waals surface area contributed by atoms with Gasteiger partial charge in [0.2, 0.25) is 11.8 Å². The van der Waals surface area contributed by atoms with Gasteiger partial charge in [0.25, 0.3) is 16.0 Å². The largest absolute Gasteiger partial charge is 0.343 e. The maximum atomic E-state index is 13.0. The Morgan fingerprint density at radius 1 is 1.00 bits per heavy atom. The number of hydrogen-bond acceptors (Lipinski definition) is 8. The number of imide groups is 1. The van der Waals surface area contributed by atoms with Gasteiger partial charge < -0.3 is 15.1 Å². The Morgan fingerprint density at radius 2 is 1.79 bits per heavy atom. The second-order valence-electron chi connectivity index (χ2n) is 8.46. The molecule has 2 atom stereocenters. The van der Waals surface area contributed by atoms with E-state index in [4.69, 9.17) is 4.18 Å². The van der Waals surface area contributed by atoms with Crippen molar-refractivity contribution in [1.82, 2.24) is 15.5 Å². The highest BCUT2D eigenvalue weighted by molar-refractivity contribution is 7.86. The average molecular weight is 485 g/mol. The Balaban J connectivity index is 1.37. The molecular weight excluding hydrogens is 460 g/mol. The van der Waals surface area contributed by atoms with E-state index in [9.17, 15) is 22.8 Å². The molecule has 3 aliphatic rings. The molecule has 2 fully saturated rings. The Kier molecular flexibility index (Phi) is 5.84. The molecule has 3 aliphatic heterocycles. The van der Waals surface area contributed by atoms with Crippen LogP contribution in [0.1, 0.15) is 28.8 Å². The van der Waals surface area contributed by atoms with Crippen LogP contribution in [-0.2, 0) is 30.4 Å². The lowest BCUT2D eigenvalue weighted by Crippen LogP contribution is -2.53. The van der Waals surface area contributed by atoms with Gasteiger partial charge in [-0.25, -0.2) is 4.18 Å². The van der Waals surface area contributed by atoms with Gasteiger partial charge >= 0.3 is 0 Å². The van der Waals surface area contributed by atoms with Crippen LogP contribution < -0.4 is 15.5 Å². The van der Waals surface area contributed by atoms with Crippen molar-refractivity contribution in [1.29, 1.82) is 0 Å². The van der Waals surface area contributed by atoms with E-state index < -0.39 is 28.3 Å². The van der Waals surface area contributed by atoms with E-state index in [0.717, 1.165) is 11.3 Å². The molecule has 3 amide bonds. The summed E-state index contributed by atoms with van der Waals surface area (Å²) in [4.78, 5) is 40.1. The summed E-state index contributed by atoms with van der Waals surface area (Å²) in [5, 5.41) is 5.46. The SMILES string of the molecule is O=C1CCC(N2Cc3cc(N4CCNCC4OS(=O)(=O)c4ccccc4)ccc3C2=O)C(=O)N1. The van der Waals surface area contributed by atoms with Gasteiger partial charge in [-0.1, -0.05) is 18.2 Å². The minimum atomic E-state index is -3.97. The lowest BCUT2D eigenvalue weighted by molar-refractivity contribution is -0.136. The number of nitrogens with zero attached hydrogens (tertiary/aromatic N) is 2. The third-order valence-corrected chi connectivity index (χ3v) is 7.63. The van der Waals surface area contributed by atoms with Crippen molar-refractivity contribution in [2.45, 2.75) is 36.6 Å². The fourth-order valence-electron chi connectivity index (χ4n) is 4.59. The predicted molar refractivity (Wildman–Crippen MR) is 121 cm³/mol. The predicted octanol–water partition coefficient (Wildman–Crippen LogP) is 0.589. The van der Waals surface area contributed by atoms with Crippen LogP contribution in [-0.4, -0.2) is 62.9 Å². The van der Waals surface area contributed by atoms with Crippen LogP contribution in [0.3, 0.4) is 0 Å². The van der Waals surface area contributed by atoms with Crippen molar-refractivity contribution in [3.8, 4) is 0 Å². The zero-order valence-corrected chi connectivity index (χ0v) is 19.1. The van der Waals surface area contributed by atoms with Gasteiger partial charge in [0.15, 0.2) is 6.23 Å². The lowest BCUT2D eigenvalue weighted by Gasteiger charge is -2.37. The Bertz CT molecular complexity index is 1250. The molecule has 2 N–H and O–H groups in total. The first-order valence-electron chi connectivity index (χ1n) is 11.1. The van der Waals surface area contributed by atoms with Gasteiger partial charge in [-0.15, -0.1) is 0 Å². The zero-order valence-electron chi connectivity index (χ0n) is 18.3. The van der Waals surface area contributed by atoms with E-state index >= 15 is 0 Å². The van der Waals surface area contributed by atoms with Gasteiger partial charge in [-0.05, 0) is 42.3 Å². The first kappa shape index (κ1) is 22.5. The summed E-state index contributed by atoms with van der Waals surface area (Å²) in [7, 11) is -3.97. The number of benzene rings is 2. The van der Waals surface area contributed by atoms with Crippen LogP contribution in [0.5, 0.6) is 0 Å². The number of fused-ring (bicyclic) bond motifs is 1. The van der Waals surface area contributed by atoms with Crippen LogP contribution >= 0.6 is 0 Å². The standard InChI is InChI=1S/C23H24N4O6S/c28-20-9-8-19(22(29)25-20)27-14-15-12-16(6-7-18(15)23(27)30)26-11-10-24-13-21(26)33-34(31,32)17-4-2-1-3-5-17/h1-7,12,19,21,24H,8-11,13-14H2,(H,25,28,29). The van der Waals surface area contributed by atoms with E-state index in [0.29, 0.717) is 31.6 Å². The van der Waals surface area contributed by atoms with Crippen LogP contribution in [0.25, 0.3) is 0 Å². The van der Waals surface area contributed by atoms with Crippen LogP contribution in [0.15, 0.2) is 53.4 Å². The first-order valence-corrected chi connectivity index (χ1v) is 12.5. The molecule has 0 saturated carbocycles. The number of anilines is 1. The molecule has 0 radical (unpaired) electrons. The number of piperidine rings is 1. The van der Waals surface area contributed by atoms with Gasteiger partial charge in [-0.2, -0.15) is 8.42 Å². The van der Waals surface area contributed by atoms with E-state index in [1.165, 1.54) is 17.0 Å². The molecule has 0 bridgehead atoms. The number of amides is 3. The van der Waals surface area contributed by atoms with Crippen molar-refractivity contribution in [3.05, 3.63) is 59.7 Å². The number of carbonyl (C=O) groups excluding carboxylic acids is 3. The molecule has 0 aliphatic carbocycles. The Labute approximate surface area is 197 Å². The molecule has 0 aromatic heterocycles. The number of piperazine rings is 1. The second kappa shape index (κ2) is 8.82. The highest BCUT2D eigenvalue weighted by Crippen LogP contribution is 2.32. The Morgan fingerprint density at radius 3 is 2.56 bits per heavy atom. The smallest absolute Gasteiger partial charge is 0.299 e. The summed E-state index contributed by atoms with van der Waals surface area (Å²) in [6.45, 7) is 1.71.